The SMILES string of the molecule is Cc1cncc(Oc2cccc3[nH]ccc23)n1. The Hall–Kier alpha value is -2.36. The number of rotatable bonds is 2. The van der Waals surface area contributed by atoms with Crippen LogP contribution in [0.1, 0.15) is 5.69 Å². The van der Waals surface area contributed by atoms with Gasteiger partial charge in [0.25, 0.3) is 0 Å². The van der Waals surface area contributed by atoms with Gasteiger partial charge in [0.2, 0.25) is 5.88 Å². The average molecular weight is 225 g/mol. The molecule has 2 aromatic heterocycles. The molecule has 0 radical (unpaired) electrons. The first-order chi connectivity index (χ1) is 8.33. The predicted molar refractivity (Wildman–Crippen MR) is 65.1 cm³/mol. The van der Waals surface area contributed by atoms with E-state index >= 15 is 0 Å². The van der Waals surface area contributed by atoms with Crippen LogP contribution in [0.2, 0.25) is 0 Å². The zero-order chi connectivity index (χ0) is 11.7. The van der Waals surface area contributed by atoms with Gasteiger partial charge in [0.1, 0.15) is 5.75 Å². The Kier molecular flexibility index (Phi) is 2.26. The molecule has 84 valence electrons. The Balaban J connectivity index is 2.02. The topological polar surface area (TPSA) is 50.8 Å². The Morgan fingerprint density at radius 3 is 3.00 bits per heavy atom. The Morgan fingerprint density at radius 2 is 2.12 bits per heavy atom. The van der Waals surface area contributed by atoms with E-state index in [0.29, 0.717) is 5.88 Å². The van der Waals surface area contributed by atoms with Crippen LogP contribution in [0.25, 0.3) is 10.9 Å². The summed E-state index contributed by atoms with van der Waals surface area (Å²) >= 11 is 0. The van der Waals surface area contributed by atoms with Gasteiger partial charge in [-0.25, -0.2) is 4.98 Å². The first-order valence-electron chi connectivity index (χ1n) is 5.35. The van der Waals surface area contributed by atoms with E-state index in [1.807, 2.05) is 37.4 Å². The van der Waals surface area contributed by atoms with Gasteiger partial charge in [-0.1, -0.05) is 6.07 Å². The van der Waals surface area contributed by atoms with Crippen LogP contribution in [0, 0.1) is 6.92 Å². The lowest BCUT2D eigenvalue weighted by Gasteiger charge is -2.05. The number of benzene rings is 1. The molecule has 0 atom stereocenters. The van der Waals surface area contributed by atoms with E-state index in [1.165, 1.54) is 0 Å². The highest BCUT2D eigenvalue weighted by atomic mass is 16.5. The average Bonchev–Trinajstić information content (AvgIpc) is 2.78. The number of H-pyrrole nitrogens is 1. The van der Waals surface area contributed by atoms with E-state index in [9.17, 15) is 0 Å². The third-order valence-corrected chi connectivity index (χ3v) is 2.50. The molecule has 0 saturated heterocycles. The fourth-order valence-electron chi connectivity index (χ4n) is 1.75. The fourth-order valence-corrected chi connectivity index (χ4v) is 1.75. The molecule has 0 spiro atoms. The summed E-state index contributed by atoms with van der Waals surface area (Å²) in [6.07, 6.45) is 5.20. The molecule has 0 bridgehead atoms. The van der Waals surface area contributed by atoms with Crippen LogP contribution in [0.15, 0.2) is 42.9 Å². The van der Waals surface area contributed by atoms with Crippen LogP contribution in [-0.4, -0.2) is 15.0 Å². The van der Waals surface area contributed by atoms with Gasteiger partial charge in [-0.05, 0) is 25.1 Å². The summed E-state index contributed by atoms with van der Waals surface area (Å²) in [6.45, 7) is 1.89. The molecule has 0 amide bonds. The summed E-state index contributed by atoms with van der Waals surface area (Å²) in [5.74, 6) is 1.29. The lowest BCUT2D eigenvalue weighted by molar-refractivity contribution is 0.464. The molecule has 0 saturated carbocycles. The summed E-state index contributed by atoms with van der Waals surface area (Å²) in [5.41, 5.74) is 1.88. The summed E-state index contributed by atoms with van der Waals surface area (Å²) in [4.78, 5) is 11.5. The number of aryl methyl sites for hydroxylation is 1. The number of fused-ring (bicyclic) bond motifs is 1. The smallest absolute Gasteiger partial charge is 0.238 e. The number of aromatic amines is 1. The molecule has 0 unspecified atom stereocenters. The van der Waals surface area contributed by atoms with Gasteiger partial charge >= 0.3 is 0 Å². The van der Waals surface area contributed by atoms with Crippen molar-refractivity contribution in [2.75, 3.05) is 0 Å². The minimum atomic E-state index is 0.513. The van der Waals surface area contributed by atoms with E-state index in [0.717, 1.165) is 22.3 Å². The van der Waals surface area contributed by atoms with Crippen molar-refractivity contribution in [3.8, 4) is 11.6 Å². The van der Waals surface area contributed by atoms with Crippen molar-refractivity contribution in [3.05, 3.63) is 48.5 Å². The van der Waals surface area contributed by atoms with Gasteiger partial charge < -0.3 is 9.72 Å². The van der Waals surface area contributed by atoms with Gasteiger partial charge in [0.05, 0.1) is 11.9 Å². The molecule has 2 heterocycles. The molecular weight excluding hydrogens is 214 g/mol. The minimum absolute atomic E-state index is 0.513. The predicted octanol–water partition coefficient (Wildman–Crippen LogP) is 3.06. The van der Waals surface area contributed by atoms with Gasteiger partial charge in [0.15, 0.2) is 0 Å². The van der Waals surface area contributed by atoms with Crippen molar-refractivity contribution >= 4 is 10.9 Å². The van der Waals surface area contributed by atoms with Crippen molar-refractivity contribution in [2.45, 2.75) is 6.92 Å². The number of hydrogen-bond acceptors (Lipinski definition) is 3. The third kappa shape index (κ3) is 1.85. The maximum atomic E-state index is 5.74. The van der Waals surface area contributed by atoms with Gasteiger partial charge in [-0.2, -0.15) is 0 Å². The van der Waals surface area contributed by atoms with Gasteiger partial charge in [-0.3, -0.25) is 4.98 Å². The van der Waals surface area contributed by atoms with E-state index in [1.54, 1.807) is 12.4 Å². The summed E-state index contributed by atoms with van der Waals surface area (Å²) in [5, 5.41) is 1.04. The standard InChI is InChI=1S/C13H11N3O/c1-9-7-14-8-13(16-9)17-12-4-2-3-11-10(12)5-6-15-11/h2-8,15H,1H3. The van der Waals surface area contributed by atoms with Crippen molar-refractivity contribution in [1.82, 2.24) is 15.0 Å². The molecule has 3 aromatic rings. The first kappa shape index (κ1) is 9.84. The number of aromatic nitrogens is 3. The number of hydrogen-bond donors (Lipinski definition) is 1. The largest absolute Gasteiger partial charge is 0.437 e. The van der Waals surface area contributed by atoms with E-state index in [-0.39, 0.29) is 0 Å². The molecule has 0 aliphatic rings. The molecule has 17 heavy (non-hydrogen) atoms. The second-order valence-corrected chi connectivity index (χ2v) is 3.80. The van der Waals surface area contributed by atoms with Crippen LogP contribution in [-0.2, 0) is 0 Å². The molecule has 4 heteroatoms. The highest BCUT2D eigenvalue weighted by Gasteiger charge is 2.04. The van der Waals surface area contributed by atoms with Crippen molar-refractivity contribution in [3.63, 3.8) is 0 Å². The van der Waals surface area contributed by atoms with Gasteiger partial charge in [0, 0.05) is 23.3 Å². The Labute approximate surface area is 98.3 Å². The number of nitrogens with zero attached hydrogens (tertiary/aromatic N) is 2. The summed E-state index contributed by atoms with van der Waals surface area (Å²) in [7, 11) is 0. The first-order valence-corrected chi connectivity index (χ1v) is 5.35. The molecule has 0 fully saturated rings. The highest BCUT2D eigenvalue weighted by Crippen LogP contribution is 2.27. The summed E-state index contributed by atoms with van der Waals surface area (Å²) < 4.78 is 5.74. The molecule has 1 aromatic carbocycles. The lowest BCUT2D eigenvalue weighted by atomic mass is 10.2. The second-order valence-electron chi connectivity index (χ2n) is 3.80. The number of nitrogens with one attached hydrogen (secondary N) is 1. The molecular formula is C13H11N3O. The van der Waals surface area contributed by atoms with Crippen LogP contribution in [0.4, 0.5) is 0 Å². The van der Waals surface area contributed by atoms with Crippen LogP contribution < -0.4 is 4.74 Å². The highest BCUT2D eigenvalue weighted by molar-refractivity contribution is 5.85. The third-order valence-electron chi connectivity index (χ3n) is 2.50. The Morgan fingerprint density at radius 1 is 1.18 bits per heavy atom. The second kappa shape index (κ2) is 3.90. The van der Waals surface area contributed by atoms with Crippen molar-refractivity contribution < 1.29 is 4.74 Å². The van der Waals surface area contributed by atoms with Crippen LogP contribution >= 0.6 is 0 Å². The molecule has 0 aliphatic heterocycles. The zero-order valence-electron chi connectivity index (χ0n) is 9.34. The Bertz CT molecular complexity index is 660. The van der Waals surface area contributed by atoms with Gasteiger partial charge in [-0.15, -0.1) is 0 Å². The fraction of sp³-hybridized carbons (Fsp3) is 0.0769. The van der Waals surface area contributed by atoms with Crippen molar-refractivity contribution in [2.24, 2.45) is 0 Å². The monoisotopic (exact) mass is 225 g/mol. The van der Waals surface area contributed by atoms with Crippen LogP contribution in [0.5, 0.6) is 11.6 Å². The van der Waals surface area contributed by atoms with E-state index in [4.69, 9.17) is 4.74 Å². The van der Waals surface area contributed by atoms with Crippen LogP contribution in [0.3, 0.4) is 0 Å². The molecule has 4 nitrogen and oxygen atoms in total. The van der Waals surface area contributed by atoms with E-state index in [2.05, 4.69) is 15.0 Å². The zero-order valence-corrected chi connectivity index (χ0v) is 9.34. The number of ether oxygens (including phenoxy) is 1. The quantitative estimate of drug-likeness (QED) is 0.729. The minimum Gasteiger partial charge on any atom is -0.437 e. The van der Waals surface area contributed by atoms with Crippen molar-refractivity contribution in [1.29, 1.82) is 0 Å². The molecule has 1 N–H and O–H groups in total. The van der Waals surface area contributed by atoms with E-state index < -0.39 is 0 Å². The normalized spacial score (nSPS) is 10.6. The maximum absolute atomic E-state index is 5.74. The molecule has 3 rings (SSSR count). The molecule has 0 aliphatic carbocycles. The maximum Gasteiger partial charge on any atom is 0.238 e. The summed E-state index contributed by atoms with van der Waals surface area (Å²) in [6, 6.07) is 7.84. The lowest BCUT2D eigenvalue weighted by Crippen LogP contribution is -1.91.